The minimum atomic E-state index is -0.600. The molecule has 0 bridgehead atoms. The second kappa shape index (κ2) is 5.06. The average molecular weight is 273 g/mol. The Labute approximate surface area is 114 Å². The highest BCUT2D eigenvalue weighted by atomic mass is 19.1. The molecule has 2 N–H and O–H groups in total. The summed E-state index contributed by atoms with van der Waals surface area (Å²) in [5, 5.41) is 0.961. The van der Waals surface area contributed by atoms with Gasteiger partial charge in [-0.2, -0.15) is 0 Å². The summed E-state index contributed by atoms with van der Waals surface area (Å²) in [6.45, 7) is 0. The lowest BCUT2D eigenvalue weighted by Gasteiger charge is -2.08. The Bertz CT molecular complexity index is 698. The smallest absolute Gasteiger partial charge is 0.134 e. The van der Waals surface area contributed by atoms with E-state index in [-0.39, 0.29) is 0 Å². The number of fused-ring (bicyclic) bond motifs is 1. The van der Waals surface area contributed by atoms with Gasteiger partial charge in [0.2, 0.25) is 0 Å². The first-order valence-electron chi connectivity index (χ1n) is 6.31. The minimum absolute atomic E-state index is 0.314. The number of para-hydroxylation sites is 1. The zero-order valence-electron chi connectivity index (χ0n) is 10.6. The molecule has 2 nitrogen and oxygen atoms in total. The Balaban J connectivity index is 1.86. The summed E-state index contributed by atoms with van der Waals surface area (Å²) in [5.74, 6) is -0.593. The average Bonchev–Trinajstić information content (AvgIpc) is 2.81. The molecule has 3 rings (SSSR count). The van der Waals surface area contributed by atoms with Gasteiger partial charge >= 0.3 is 0 Å². The van der Waals surface area contributed by atoms with Gasteiger partial charge in [-0.05, 0) is 36.2 Å². The fourth-order valence-corrected chi connectivity index (χ4v) is 2.27. The molecular weight excluding hydrogens is 260 g/mol. The van der Waals surface area contributed by atoms with Crippen molar-refractivity contribution in [3.05, 3.63) is 71.5 Å². The molecule has 0 aliphatic carbocycles. The molecule has 0 saturated heterocycles. The van der Waals surface area contributed by atoms with E-state index in [4.69, 9.17) is 10.2 Å². The van der Waals surface area contributed by atoms with Gasteiger partial charge in [-0.3, -0.25) is 0 Å². The summed E-state index contributed by atoms with van der Waals surface area (Å²) in [6, 6.07) is 12.4. The minimum Gasteiger partial charge on any atom is -0.459 e. The molecule has 1 unspecified atom stereocenters. The van der Waals surface area contributed by atoms with E-state index in [1.165, 1.54) is 12.1 Å². The largest absolute Gasteiger partial charge is 0.459 e. The molecule has 2 aromatic carbocycles. The van der Waals surface area contributed by atoms with E-state index in [1.807, 2.05) is 30.3 Å². The molecule has 20 heavy (non-hydrogen) atoms. The zero-order valence-corrected chi connectivity index (χ0v) is 10.6. The van der Waals surface area contributed by atoms with Gasteiger partial charge < -0.3 is 10.2 Å². The highest BCUT2D eigenvalue weighted by Crippen LogP contribution is 2.25. The molecule has 1 aromatic heterocycles. The number of benzene rings is 2. The Hall–Kier alpha value is -2.20. The molecule has 0 amide bonds. The third-order valence-corrected chi connectivity index (χ3v) is 3.19. The van der Waals surface area contributed by atoms with E-state index in [0.29, 0.717) is 17.7 Å². The molecule has 102 valence electrons. The van der Waals surface area contributed by atoms with Crippen molar-refractivity contribution >= 4 is 11.0 Å². The molecule has 0 fully saturated rings. The zero-order chi connectivity index (χ0) is 14.1. The van der Waals surface area contributed by atoms with Gasteiger partial charge in [-0.1, -0.05) is 18.2 Å². The fourth-order valence-electron chi connectivity index (χ4n) is 2.27. The molecule has 1 heterocycles. The fraction of sp³-hybridized carbons (Fsp3) is 0.125. The van der Waals surface area contributed by atoms with Crippen LogP contribution in [0.2, 0.25) is 0 Å². The van der Waals surface area contributed by atoms with Gasteiger partial charge in [-0.25, -0.2) is 8.78 Å². The Morgan fingerprint density at radius 3 is 2.40 bits per heavy atom. The summed E-state index contributed by atoms with van der Waals surface area (Å²) in [6.07, 6.45) is 0.314. The van der Waals surface area contributed by atoms with Gasteiger partial charge in [-0.15, -0.1) is 0 Å². The van der Waals surface area contributed by atoms with Crippen LogP contribution in [0.15, 0.2) is 52.9 Å². The van der Waals surface area contributed by atoms with Crippen molar-refractivity contribution in [2.24, 2.45) is 5.73 Å². The SMILES string of the molecule is NC(Cc1cc(F)cc(F)c1)c1cc2ccccc2o1. The third kappa shape index (κ3) is 2.56. The number of hydrogen-bond donors (Lipinski definition) is 1. The maximum absolute atomic E-state index is 13.1. The van der Waals surface area contributed by atoms with Gasteiger partial charge in [0.15, 0.2) is 0 Å². The standard InChI is InChI=1S/C16H13F2NO/c17-12-5-10(6-13(18)9-12)7-14(19)16-8-11-3-1-2-4-15(11)20-16/h1-6,8-9,14H,7,19H2. The van der Waals surface area contributed by atoms with E-state index < -0.39 is 17.7 Å². The van der Waals surface area contributed by atoms with E-state index in [2.05, 4.69) is 0 Å². The van der Waals surface area contributed by atoms with Crippen molar-refractivity contribution < 1.29 is 13.2 Å². The van der Waals surface area contributed by atoms with E-state index in [1.54, 1.807) is 0 Å². The van der Waals surface area contributed by atoms with Crippen molar-refractivity contribution in [1.29, 1.82) is 0 Å². The predicted octanol–water partition coefficient (Wildman–Crippen LogP) is 3.95. The molecule has 0 aliphatic rings. The molecule has 1 atom stereocenters. The Morgan fingerprint density at radius 2 is 1.70 bits per heavy atom. The number of nitrogens with two attached hydrogens (primary N) is 1. The summed E-state index contributed by atoms with van der Waals surface area (Å²) < 4.78 is 31.9. The van der Waals surface area contributed by atoms with Crippen molar-refractivity contribution in [2.75, 3.05) is 0 Å². The summed E-state index contributed by atoms with van der Waals surface area (Å²) in [5.41, 5.74) is 7.32. The number of furan rings is 1. The van der Waals surface area contributed by atoms with Crippen LogP contribution >= 0.6 is 0 Å². The molecule has 0 radical (unpaired) electrons. The van der Waals surface area contributed by atoms with Crippen molar-refractivity contribution in [1.82, 2.24) is 0 Å². The molecule has 4 heteroatoms. The maximum Gasteiger partial charge on any atom is 0.134 e. The van der Waals surface area contributed by atoms with Crippen LogP contribution in [0.5, 0.6) is 0 Å². The summed E-state index contributed by atoms with van der Waals surface area (Å²) in [4.78, 5) is 0. The first kappa shape index (κ1) is 12.8. The number of halogens is 2. The lowest BCUT2D eigenvalue weighted by atomic mass is 10.0. The van der Waals surface area contributed by atoms with Gasteiger partial charge in [0.25, 0.3) is 0 Å². The predicted molar refractivity (Wildman–Crippen MR) is 73.2 cm³/mol. The second-order valence-electron chi connectivity index (χ2n) is 4.77. The number of hydrogen-bond acceptors (Lipinski definition) is 2. The monoisotopic (exact) mass is 273 g/mol. The van der Waals surface area contributed by atoms with Crippen molar-refractivity contribution in [2.45, 2.75) is 12.5 Å². The van der Waals surface area contributed by atoms with Crippen LogP contribution in [0.1, 0.15) is 17.4 Å². The van der Waals surface area contributed by atoms with E-state index in [0.717, 1.165) is 17.0 Å². The van der Waals surface area contributed by atoms with Gasteiger partial charge in [0, 0.05) is 11.5 Å². The van der Waals surface area contributed by atoms with Crippen LogP contribution in [-0.2, 0) is 6.42 Å². The Kier molecular flexibility index (Phi) is 3.24. The van der Waals surface area contributed by atoms with Crippen LogP contribution in [0.25, 0.3) is 11.0 Å². The van der Waals surface area contributed by atoms with Crippen LogP contribution in [0.3, 0.4) is 0 Å². The van der Waals surface area contributed by atoms with E-state index in [9.17, 15) is 8.78 Å². The highest BCUT2D eigenvalue weighted by molar-refractivity contribution is 5.77. The van der Waals surface area contributed by atoms with Crippen LogP contribution < -0.4 is 5.73 Å². The lowest BCUT2D eigenvalue weighted by Crippen LogP contribution is -2.12. The molecule has 0 spiro atoms. The quantitative estimate of drug-likeness (QED) is 0.784. The molecule has 0 aliphatic heterocycles. The number of rotatable bonds is 3. The van der Waals surface area contributed by atoms with Crippen molar-refractivity contribution in [3.63, 3.8) is 0 Å². The topological polar surface area (TPSA) is 39.2 Å². The van der Waals surface area contributed by atoms with Gasteiger partial charge in [0.1, 0.15) is 23.0 Å². The first-order chi connectivity index (χ1) is 9.61. The van der Waals surface area contributed by atoms with Crippen LogP contribution in [-0.4, -0.2) is 0 Å². The molecule has 3 aromatic rings. The summed E-state index contributed by atoms with van der Waals surface area (Å²) >= 11 is 0. The summed E-state index contributed by atoms with van der Waals surface area (Å²) in [7, 11) is 0. The maximum atomic E-state index is 13.1. The lowest BCUT2D eigenvalue weighted by molar-refractivity contribution is 0.492. The van der Waals surface area contributed by atoms with Gasteiger partial charge in [0.05, 0.1) is 6.04 Å². The van der Waals surface area contributed by atoms with Crippen LogP contribution in [0.4, 0.5) is 8.78 Å². The van der Waals surface area contributed by atoms with Crippen LogP contribution in [0, 0.1) is 11.6 Å². The first-order valence-corrected chi connectivity index (χ1v) is 6.31. The normalized spacial score (nSPS) is 12.8. The molecular formula is C16H13F2NO. The second-order valence-corrected chi connectivity index (χ2v) is 4.77. The highest BCUT2D eigenvalue weighted by Gasteiger charge is 2.13. The Morgan fingerprint density at radius 1 is 1.00 bits per heavy atom. The third-order valence-electron chi connectivity index (χ3n) is 3.19. The van der Waals surface area contributed by atoms with Crippen molar-refractivity contribution in [3.8, 4) is 0 Å². The van der Waals surface area contributed by atoms with E-state index >= 15 is 0 Å². The molecule has 0 saturated carbocycles.